The number of sulfonamides is 1. The normalized spacial score (nSPS) is 21.0. The van der Waals surface area contributed by atoms with Crippen LogP contribution < -0.4 is 15.4 Å². The Labute approximate surface area is 198 Å². The van der Waals surface area contributed by atoms with E-state index in [2.05, 4.69) is 10.6 Å². The minimum Gasteiger partial charge on any atom is -0.479 e. The lowest BCUT2D eigenvalue weighted by molar-refractivity contribution is -0.123. The summed E-state index contributed by atoms with van der Waals surface area (Å²) < 4.78 is 33.9. The highest BCUT2D eigenvalue weighted by atomic mass is 35.5. The van der Waals surface area contributed by atoms with Crippen molar-refractivity contribution < 1.29 is 22.7 Å². The zero-order chi connectivity index (χ0) is 23.9. The summed E-state index contributed by atoms with van der Waals surface area (Å²) in [4.78, 5) is 24.8. The summed E-state index contributed by atoms with van der Waals surface area (Å²) in [7, 11) is -3.87. The van der Waals surface area contributed by atoms with E-state index in [0.717, 1.165) is 5.56 Å². The van der Waals surface area contributed by atoms with Gasteiger partial charge in [-0.25, -0.2) is 8.42 Å². The molecule has 2 aromatic rings. The molecule has 0 unspecified atom stereocenters. The zero-order valence-electron chi connectivity index (χ0n) is 18.6. The molecular formula is C23H26ClN3O5S. The molecule has 0 saturated carbocycles. The standard InChI is InChI=1S/C23H26ClN3O5S/c1-13-6-7-17(10-18(13)24)25-23(29)16-5-4-8-27(12-16)33(30,31)21-11-20-19(9-14(21)2)26-22(28)15(3)32-20/h6-7,9-11,15-16H,4-5,8,12H2,1-3H3,(H,25,29)(H,26,28)/t15-,16-/m0/s1. The monoisotopic (exact) mass is 491 g/mol. The van der Waals surface area contributed by atoms with Gasteiger partial charge in [0.05, 0.1) is 16.5 Å². The molecule has 2 aromatic carbocycles. The van der Waals surface area contributed by atoms with Gasteiger partial charge >= 0.3 is 0 Å². The Morgan fingerprint density at radius 1 is 1.21 bits per heavy atom. The minimum atomic E-state index is -3.87. The van der Waals surface area contributed by atoms with E-state index in [4.69, 9.17) is 16.3 Å². The van der Waals surface area contributed by atoms with Crippen LogP contribution in [0.1, 0.15) is 30.9 Å². The first-order valence-corrected chi connectivity index (χ1v) is 12.6. The SMILES string of the molecule is Cc1ccc(NC(=O)[C@H]2CCCN(S(=O)(=O)c3cc4c(cc3C)NC(=O)[C@H](C)O4)C2)cc1Cl. The molecule has 4 rings (SSSR count). The predicted octanol–water partition coefficient (Wildman–Crippen LogP) is 3.72. The van der Waals surface area contributed by atoms with Crippen LogP contribution in [0, 0.1) is 19.8 Å². The van der Waals surface area contributed by atoms with Crippen LogP contribution in [0.15, 0.2) is 35.2 Å². The van der Waals surface area contributed by atoms with Crippen LogP contribution in [0.2, 0.25) is 5.02 Å². The molecule has 2 atom stereocenters. The molecule has 0 aromatic heterocycles. The van der Waals surface area contributed by atoms with Crippen molar-refractivity contribution in [2.45, 2.75) is 44.6 Å². The first-order chi connectivity index (χ1) is 15.6. The van der Waals surface area contributed by atoms with Crippen LogP contribution in [0.4, 0.5) is 11.4 Å². The van der Waals surface area contributed by atoms with Crippen LogP contribution in [-0.4, -0.2) is 43.7 Å². The molecule has 2 amide bonds. The minimum absolute atomic E-state index is 0.0816. The molecule has 1 saturated heterocycles. The van der Waals surface area contributed by atoms with Crippen molar-refractivity contribution in [1.82, 2.24) is 4.31 Å². The van der Waals surface area contributed by atoms with E-state index in [1.165, 1.54) is 10.4 Å². The van der Waals surface area contributed by atoms with Gasteiger partial charge in [-0.1, -0.05) is 17.7 Å². The van der Waals surface area contributed by atoms with Crippen molar-refractivity contribution >= 4 is 44.8 Å². The zero-order valence-corrected chi connectivity index (χ0v) is 20.2. The van der Waals surface area contributed by atoms with Gasteiger partial charge in [-0.2, -0.15) is 4.31 Å². The van der Waals surface area contributed by atoms with Crippen LogP contribution in [-0.2, 0) is 19.6 Å². The Kier molecular flexibility index (Phi) is 6.39. The van der Waals surface area contributed by atoms with Crippen molar-refractivity contribution in [3.63, 3.8) is 0 Å². The van der Waals surface area contributed by atoms with E-state index < -0.39 is 22.0 Å². The molecule has 1 fully saturated rings. The summed E-state index contributed by atoms with van der Waals surface area (Å²) in [5.41, 5.74) is 2.42. The summed E-state index contributed by atoms with van der Waals surface area (Å²) in [6.45, 7) is 5.55. The fourth-order valence-corrected chi connectivity index (χ4v) is 5.98. The molecular weight excluding hydrogens is 466 g/mol. The Balaban J connectivity index is 1.54. The quantitative estimate of drug-likeness (QED) is 0.678. The second-order valence-corrected chi connectivity index (χ2v) is 10.8. The van der Waals surface area contributed by atoms with E-state index in [9.17, 15) is 18.0 Å². The topological polar surface area (TPSA) is 105 Å². The number of nitrogens with one attached hydrogen (secondary N) is 2. The Bertz CT molecular complexity index is 1230. The highest BCUT2D eigenvalue weighted by Crippen LogP contribution is 2.36. The summed E-state index contributed by atoms with van der Waals surface area (Å²) in [5, 5.41) is 6.13. The number of amides is 2. The largest absolute Gasteiger partial charge is 0.479 e. The van der Waals surface area contributed by atoms with Gasteiger partial charge in [0.2, 0.25) is 15.9 Å². The highest BCUT2D eigenvalue weighted by molar-refractivity contribution is 7.89. The fraction of sp³-hybridized carbons (Fsp3) is 0.391. The lowest BCUT2D eigenvalue weighted by Gasteiger charge is -2.32. The second-order valence-electron chi connectivity index (χ2n) is 8.52. The average molecular weight is 492 g/mol. The average Bonchev–Trinajstić information content (AvgIpc) is 2.77. The number of halogens is 1. The molecule has 2 heterocycles. The number of piperidine rings is 1. The summed E-state index contributed by atoms with van der Waals surface area (Å²) in [6, 6.07) is 8.32. The van der Waals surface area contributed by atoms with E-state index in [0.29, 0.717) is 47.1 Å². The number of carbonyl (C=O) groups is 2. The van der Waals surface area contributed by atoms with Crippen LogP contribution >= 0.6 is 11.6 Å². The predicted molar refractivity (Wildman–Crippen MR) is 126 cm³/mol. The Morgan fingerprint density at radius 3 is 2.70 bits per heavy atom. The Hall–Kier alpha value is -2.62. The first kappa shape index (κ1) is 23.5. The van der Waals surface area contributed by atoms with Gasteiger partial charge in [-0.15, -0.1) is 0 Å². The van der Waals surface area contributed by atoms with Gasteiger partial charge in [-0.05, 0) is 62.9 Å². The molecule has 2 aliphatic heterocycles. The molecule has 10 heteroatoms. The number of aryl methyl sites for hydroxylation is 2. The second kappa shape index (κ2) is 8.96. The smallest absolute Gasteiger partial charge is 0.265 e. The maximum absolute atomic E-state index is 13.5. The molecule has 0 aliphatic carbocycles. The lowest BCUT2D eigenvalue weighted by Crippen LogP contribution is -2.44. The van der Waals surface area contributed by atoms with Gasteiger partial charge in [0, 0.05) is 29.9 Å². The maximum atomic E-state index is 13.5. The Morgan fingerprint density at radius 2 is 1.97 bits per heavy atom. The summed E-state index contributed by atoms with van der Waals surface area (Å²) in [5.74, 6) is -0.690. The molecule has 176 valence electrons. The van der Waals surface area contributed by atoms with E-state index in [1.807, 2.05) is 13.0 Å². The number of fused-ring (bicyclic) bond motifs is 1. The third-order valence-electron chi connectivity index (χ3n) is 6.02. The fourth-order valence-electron chi connectivity index (χ4n) is 4.05. The number of benzene rings is 2. The molecule has 2 N–H and O–H groups in total. The third kappa shape index (κ3) is 4.71. The van der Waals surface area contributed by atoms with Crippen molar-refractivity contribution in [1.29, 1.82) is 0 Å². The third-order valence-corrected chi connectivity index (χ3v) is 8.43. The van der Waals surface area contributed by atoms with Crippen LogP contribution in [0.3, 0.4) is 0 Å². The number of hydrogen-bond acceptors (Lipinski definition) is 5. The van der Waals surface area contributed by atoms with Crippen molar-refractivity contribution in [3.8, 4) is 5.75 Å². The molecule has 33 heavy (non-hydrogen) atoms. The van der Waals surface area contributed by atoms with Gasteiger partial charge in [-0.3, -0.25) is 9.59 Å². The van der Waals surface area contributed by atoms with E-state index >= 15 is 0 Å². The van der Waals surface area contributed by atoms with Gasteiger partial charge in [0.1, 0.15) is 5.75 Å². The molecule has 2 aliphatic rings. The van der Waals surface area contributed by atoms with Gasteiger partial charge in [0.25, 0.3) is 5.91 Å². The molecule has 0 radical (unpaired) electrons. The van der Waals surface area contributed by atoms with Gasteiger partial charge < -0.3 is 15.4 Å². The number of carbonyl (C=O) groups excluding carboxylic acids is 2. The molecule has 0 bridgehead atoms. The molecule has 0 spiro atoms. The van der Waals surface area contributed by atoms with Crippen LogP contribution in [0.5, 0.6) is 5.75 Å². The number of nitrogens with zero attached hydrogens (tertiary/aromatic N) is 1. The van der Waals surface area contributed by atoms with E-state index in [-0.39, 0.29) is 23.3 Å². The number of hydrogen-bond donors (Lipinski definition) is 2. The van der Waals surface area contributed by atoms with Crippen LogP contribution in [0.25, 0.3) is 0 Å². The summed E-state index contributed by atoms with van der Waals surface area (Å²) in [6.07, 6.45) is 0.446. The highest BCUT2D eigenvalue weighted by Gasteiger charge is 2.35. The van der Waals surface area contributed by atoms with Crippen molar-refractivity contribution in [3.05, 3.63) is 46.5 Å². The number of ether oxygens (including phenoxy) is 1. The maximum Gasteiger partial charge on any atom is 0.265 e. The van der Waals surface area contributed by atoms with Crippen molar-refractivity contribution in [2.75, 3.05) is 23.7 Å². The number of rotatable bonds is 4. The van der Waals surface area contributed by atoms with E-state index in [1.54, 1.807) is 32.0 Å². The molecule has 8 nitrogen and oxygen atoms in total. The van der Waals surface area contributed by atoms with Crippen molar-refractivity contribution in [2.24, 2.45) is 5.92 Å². The first-order valence-electron chi connectivity index (χ1n) is 10.8. The van der Waals surface area contributed by atoms with Gasteiger partial charge in [0.15, 0.2) is 6.10 Å². The number of anilines is 2. The summed E-state index contributed by atoms with van der Waals surface area (Å²) >= 11 is 6.14. The lowest BCUT2D eigenvalue weighted by atomic mass is 9.98.